The Hall–Kier alpha value is -4.88. The van der Waals surface area contributed by atoms with Gasteiger partial charge in [0, 0.05) is 0 Å². The topological polar surface area (TPSA) is 20.2 Å². The molecular formula is C38H26O. The van der Waals surface area contributed by atoms with Crippen LogP contribution in [0.1, 0.15) is 22.3 Å². The normalized spacial score (nSPS) is 16.0. The minimum atomic E-state index is -0.298. The molecule has 0 heterocycles. The van der Waals surface area contributed by atoms with Crippen LogP contribution in [0.5, 0.6) is 5.75 Å². The van der Waals surface area contributed by atoms with E-state index in [0.29, 0.717) is 5.75 Å². The van der Waals surface area contributed by atoms with Gasteiger partial charge in [-0.25, -0.2) is 0 Å². The first-order chi connectivity index (χ1) is 19.2. The van der Waals surface area contributed by atoms with Crippen molar-refractivity contribution in [2.24, 2.45) is 0 Å². The molecule has 7 aromatic rings. The van der Waals surface area contributed by atoms with E-state index in [1.54, 1.807) is 6.07 Å². The van der Waals surface area contributed by atoms with Gasteiger partial charge in [-0.05, 0) is 109 Å². The molecule has 0 amide bonds. The summed E-state index contributed by atoms with van der Waals surface area (Å²) in [5.41, 5.74) is 7.74. The average molecular weight is 499 g/mol. The van der Waals surface area contributed by atoms with Crippen molar-refractivity contribution in [1.82, 2.24) is 0 Å². The molecule has 1 aliphatic rings. The van der Waals surface area contributed by atoms with Gasteiger partial charge in [-0.3, -0.25) is 0 Å². The Morgan fingerprint density at radius 3 is 1.90 bits per heavy atom. The van der Waals surface area contributed by atoms with Gasteiger partial charge in [-0.15, -0.1) is 0 Å². The molecular weight excluding hydrogens is 472 g/mol. The van der Waals surface area contributed by atoms with E-state index in [-0.39, 0.29) is 5.41 Å². The van der Waals surface area contributed by atoms with Gasteiger partial charge in [0.2, 0.25) is 0 Å². The highest BCUT2D eigenvalue weighted by molar-refractivity contribution is 5.99. The highest BCUT2D eigenvalue weighted by atomic mass is 16.3. The summed E-state index contributed by atoms with van der Waals surface area (Å²) in [6.07, 6.45) is 0.864. The lowest BCUT2D eigenvalue weighted by Gasteiger charge is -2.33. The monoisotopic (exact) mass is 498 g/mol. The Bertz CT molecular complexity index is 2050. The summed E-state index contributed by atoms with van der Waals surface area (Å²) < 4.78 is 0. The van der Waals surface area contributed by atoms with E-state index in [9.17, 15) is 5.11 Å². The minimum absolute atomic E-state index is 0.298. The molecule has 0 saturated heterocycles. The van der Waals surface area contributed by atoms with E-state index in [0.717, 1.165) is 17.2 Å². The third-order valence-electron chi connectivity index (χ3n) is 8.60. The number of rotatable bonds is 3. The maximum atomic E-state index is 9.97. The molecule has 1 N–H and O–H groups in total. The molecule has 1 atom stereocenters. The second-order valence-corrected chi connectivity index (χ2v) is 10.8. The molecule has 0 saturated carbocycles. The lowest BCUT2D eigenvalue weighted by Crippen LogP contribution is -2.29. The summed E-state index contributed by atoms with van der Waals surface area (Å²) in [6, 6.07) is 50.4. The number of hydrogen-bond donors (Lipinski definition) is 1. The van der Waals surface area contributed by atoms with Crippen LogP contribution in [0.15, 0.2) is 140 Å². The summed E-state index contributed by atoms with van der Waals surface area (Å²) in [5, 5.41) is 17.1. The maximum Gasteiger partial charge on any atom is 0.116 e. The van der Waals surface area contributed by atoms with Crippen molar-refractivity contribution in [3.8, 4) is 16.9 Å². The zero-order chi connectivity index (χ0) is 26.0. The smallest absolute Gasteiger partial charge is 0.116 e. The molecule has 1 heteroatoms. The van der Waals surface area contributed by atoms with Gasteiger partial charge < -0.3 is 5.11 Å². The molecule has 7 aromatic carbocycles. The molecule has 1 unspecified atom stereocenters. The number of benzene rings is 7. The lowest BCUT2D eigenvalue weighted by molar-refractivity contribution is 0.476. The van der Waals surface area contributed by atoms with Gasteiger partial charge in [0.05, 0.1) is 5.41 Å². The van der Waals surface area contributed by atoms with Crippen molar-refractivity contribution >= 4 is 32.3 Å². The van der Waals surface area contributed by atoms with Crippen LogP contribution in [0.25, 0.3) is 43.4 Å². The third kappa shape index (κ3) is 3.33. The van der Waals surface area contributed by atoms with Crippen LogP contribution in [-0.4, -0.2) is 5.11 Å². The Morgan fingerprint density at radius 2 is 1.08 bits per heavy atom. The van der Waals surface area contributed by atoms with Gasteiger partial charge in [0.25, 0.3) is 0 Å². The van der Waals surface area contributed by atoms with Crippen molar-refractivity contribution in [2.75, 3.05) is 0 Å². The van der Waals surface area contributed by atoms with E-state index in [1.165, 1.54) is 54.9 Å². The SMILES string of the molecule is Oc1ccc2cc3cc(CC4(c5ccccc5)c5ccccc5-c5cc6ccccc6cc54)ccc3cc2c1. The Balaban J connectivity index is 1.39. The molecule has 0 fully saturated rings. The van der Waals surface area contributed by atoms with Crippen molar-refractivity contribution < 1.29 is 5.11 Å². The Morgan fingerprint density at radius 1 is 0.436 bits per heavy atom. The van der Waals surface area contributed by atoms with Crippen molar-refractivity contribution in [3.63, 3.8) is 0 Å². The first kappa shape index (κ1) is 22.1. The second-order valence-electron chi connectivity index (χ2n) is 10.8. The number of hydrogen-bond acceptors (Lipinski definition) is 1. The molecule has 0 radical (unpaired) electrons. The number of aromatic hydroxyl groups is 1. The Labute approximate surface area is 227 Å². The van der Waals surface area contributed by atoms with Gasteiger partial charge in [-0.2, -0.15) is 0 Å². The summed E-state index contributed by atoms with van der Waals surface area (Å²) in [7, 11) is 0. The highest BCUT2D eigenvalue weighted by Crippen LogP contribution is 2.55. The standard InChI is InChI=1S/C38H26O/c39-33-17-16-29-19-30-18-25(14-15-28(30)20-31(29)21-33)24-38(32-10-2-1-3-11-32)36-13-7-6-12-34(36)35-22-26-8-4-5-9-27(26)23-37(35)38/h1-23,39H,24H2. The van der Waals surface area contributed by atoms with Crippen molar-refractivity contribution in [3.05, 3.63) is 162 Å². The molecule has 1 nitrogen and oxygen atoms in total. The van der Waals surface area contributed by atoms with Gasteiger partial charge in [-0.1, -0.05) is 103 Å². The predicted octanol–water partition coefficient (Wildman–Crippen LogP) is 9.41. The van der Waals surface area contributed by atoms with Crippen molar-refractivity contribution in [2.45, 2.75) is 11.8 Å². The van der Waals surface area contributed by atoms with Crippen LogP contribution in [-0.2, 0) is 11.8 Å². The first-order valence-corrected chi connectivity index (χ1v) is 13.5. The largest absolute Gasteiger partial charge is 0.508 e. The first-order valence-electron chi connectivity index (χ1n) is 13.5. The zero-order valence-corrected chi connectivity index (χ0v) is 21.4. The second kappa shape index (κ2) is 8.31. The number of phenols is 1. The zero-order valence-electron chi connectivity index (χ0n) is 21.4. The van der Waals surface area contributed by atoms with E-state index >= 15 is 0 Å². The fourth-order valence-corrected chi connectivity index (χ4v) is 6.83. The maximum absolute atomic E-state index is 9.97. The summed E-state index contributed by atoms with van der Waals surface area (Å²) in [4.78, 5) is 0. The van der Waals surface area contributed by atoms with Crippen LogP contribution in [0, 0.1) is 0 Å². The molecule has 184 valence electrons. The average Bonchev–Trinajstić information content (AvgIpc) is 3.25. The lowest BCUT2D eigenvalue weighted by atomic mass is 9.68. The van der Waals surface area contributed by atoms with Gasteiger partial charge in [0.1, 0.15) is 5.75 Å². The molecule has 0 aromatic heterocycles. The van der Waals surface area contributed by atoms with Gasteiger partial charge >= 0.3 is 0 Å². The molecule has 1 aliphatic carbocycles. The molecule has 0 bridgehead atoms. The highest BCUT2D eigenvalue weighted by Gasteiger charge is 2.44. The van der Waals surface area contributed by atoms with Crippen LogP contribution in [0.3, 0.4) is 0 Å². The van der Waals surface area contributed by atoms with Crippen LogP contribution < -0.4 is 0 Å². The van der Waals surface area contributed by atoms with Crippen LogP contribution >= 0.6 is 0 Å². The predicted molar refractivity (Wildman–Crippen MR) is 163 cm³/mol. The summed E-state index contributed by atoms with van der Waals surface area (Å²) in [5.74, 6) is 0.300. The van der Waals surface area contributed by atoms with Crippen LogP contribution in [0.4, 0.5) is 0 Å². The number of fused-ring (bicyclic) bond motifs is 6. The molecule has 0 aliphatic heterocycles. The molecule has 39 heavy (non-hydrogen) atoms. The van der Waals surface area contributed by atoms with Crippen LogP contribution in [0.2, 0.25) is 0 Å². The number of phenolic OH excluding ortho intramolecular Hbond substituents is 1. The minimum Gasteiger partial charge on any atom is -0.508 e. The molecule has 0 spiro atoms. The van der Waals surface area contributed by atoms with E-state index in [4.69, 9.17) is 0 Å². The third-order valence-corrected chi connectivity index (χ3v) is 8.60. The van der Waals surface area contributed by atoms with Gasteiger partial charge in [0.15, 0.2) is 0 Å². The summed E-state index contributed by atoms with van der Waals surface area (Å²) in [6.45, 7) is 0. The van der Waals surface area contributed by atoms with E-state index in [2.05, 4.69) is 121 Å². The Kier molecular flexibility index (Phi) is 4.72. The van der Waals surface area contributed by atoms with Crippen molar-refractivity contribution in [1.29, 1.82) is 0 Å². The van der Waals surface area contributed by atoms with E-state index < -0.39 is 0 Å². The summed E-state index contributed by atoms with van der Waals surface area (Å²) >= 11 is 0. The van der Waals surface area contributed by atoms with E-state index in [1.807, 2.05) is 12.1 Å². The quantitative estimate of drug-likeness (QED) is 0.241. The fourth-order valence-electron chi connectivity index (χ4n) is 6.83. The fraction of sp³-hybridized carbons (Fsp3) is 0.0526. The molecule has 8 rings (SSSR count).